The zero-order valence-corrected chi connectivity index (χ0v) is 59.4. The summed E-state index contributed by atoms with van der Waals surface area (Å²) in [5, 5.41) is 105. The van der Waals surface area contributed by atoms with Crippen LogP contribution in [0.4, 0.5) is 24.5 Å². The van der Waals surface area contributed by atoms with Gasteiger partial charge in [0.15, 0.2) is 34.5 Å². The molecule has 0 bridgehead atoms. The van der Waals surface area contributed by atoms with Crippen molar-refractivity contribution < 1.29 is 82.6 Å². The van der Waals surface area contributed by atoms with Gasteiger partial charge in [0.1, 0.15) is 19.8 Å². The zero-order chi connectivity index (χ0) is 74.4. The van der Waals surface area contributed by atoms with Crippen LogP contribution in [-0.2, 0) is 40.5 Å². The third-order valence-electron chi connectivity index (χ3n) is 25.3. The van der Waals surface area contributed by atoms with Gasteiger partial charge >= 0.3 is 6.18 Å². The first-order chi connectivity index (χ1) is 50.3. The summed E-state index contributed by atoms with van der Waals surface area (Å²) in [5.41, 5.74) is 9.50. The number of aromatic hydroxyl groups is 3. The summed E-state index contributed by atoms with van der Waals surface area (Å²) >= 11 is 0. The number of phenols is 3. The number of hydrogen-bond acceptors (Lipinski definition) is 21. The number of methoxy groups -OCH3 is 3. The lowest BCUT2D eigenvalue weighted by atomic mass is 9.55. The van der Waals surface area contributed by atoms with Gasteiger partial charge in [-0.15, -0.1) is 0 Å². The number of halogens is 3. The number of oxime groups is 5. The Hall–Kier alpha value is -9.98. The van der Waals surface area contributed by atoms with Crippen LogP contribution in [0.25, 0.3) is 0 Å². The molecule has 6 aromatic carbocycles. The number of benzene rings is 6. The molecule has 0 aliphatic heterocycles. The topological polar surface area (TPSA) is 325 Å². The molecule has 0 amide bonds. The fraction of sp³-hybridized carbons (Fsp3) is 0.481. The second kappa shape index (κ2) is 29.5. The second-order valence-corrected chi connectivity index (χ2v) is 30.2. The highest BCUT2D eigenvalue weighted by molar-refractivity contribution is 6.05. The molecule has 15 rings (SSSR count). The lowest BCUT2D eigenvalue weighted by Crippen LogP contribution is -2.45. The van der Waals surface area contributed by atoms with Crippen LogP contribution in [0.1, 0.15) is 190 Å². The van der Waals surface area contributed by atoms with E-state index >= 15 is 0 Å². The lowest BCUT2D eigenvalue weighted by Gasteiger charge is -2.50. The Balaban J connectivity index is 0.000000140. The Morgan fingerprint density at radius 3 is 1.30 bits per heavy atom. The van der Waals surface area contributed by atoms with Crippen LogP contribution in [0.3, 0.4) is 0 Å². The monoisotopic (exact) mass is 1450 g/mol. The van der Waals surface area contributed by atoms with Crippen LogP contribution >= 0.6 is 0 Å². The SMILES string of the molecule is COc1cc2c(cc1O)/C(=N/OCc1cccc(C(F)(F)F)c1)C[C@@H]1[C@@H]2CC[C@]2(C)/C(=N/O)CC[C@@H]12.COc1cc2c(cc1O)/C(=N/OCc1ccccc1[N+](=O)[O-])C[C@@H]1[C@@H]2CC[C@]2(C)/C(=N/O)CC[C@@H]12.COc1cc2c(cc1O)/C(=N/OCc1ccccc1[N+](=O)[O-])C[C@@H]1[C@@H]2CC[C@]2(C)[C@@H](O)CC[C@@H]12. The quantitative estimate of drug-likeness (QED) is 0.0335. The Morgan fingerprint density at radius 1 is 0.505 bits per heavy atom. The van der Waals surface area contributed by atoms with E-state index in [2.05, 4.69) is 46.5 Å². The van der Waals surface area contributed by atoms with Gasteiger partial charge in [-0.1, -0.05) is 82.9 Å². The van der Waals surface area contributed by atoms with Crippen LogP contribution in [0.15, 0.2) is 135 Å². The predicted octanol–water partition coefficient (Wildman–Crippen LogP) is 16.8. The number of ether oxygens (including phenoxy) is 3. The van der Waals surface area contributed by atoms with Gasteiger partial charge in [-0.2, -0.15) is 13.2 Å². The van der Waals surface area contributed by atoms with Gasteiger partial charge in [0, 0.05) is 39.7 Å². The zero-order valence-electron chi connectivity index (χ0n) is 59.4. The molecule has 9 aliphatic rings. The summed E-state index contributed by atoms with van der Waals surface area (Å²) in [6, 6.07) is 28.6. The maximum absolute atomic E-state index is 13.1. The molecule has 9 aliphatic carbocycles. The molecule has 0 saturated heterocycles. The number of alkyl halides is 3. The van der Waals surface area contributed by atoms with Gasteiger partial charge in [-0.05, 0) is 238 Å². The highest BCUT2D eigenvalue weighted by atomic mass is 19.4. The first-order valence-corrected chi connectivity index (χ1v) is 35.9. The van der Waals surface area contributed by atoms with Gasteiger partial charge in [0.25, 0.3) is 11.4 Å². The molecule has 0 radical (unpaired) electrons. The Labute approximate surface area is 605 Å². The van der Waals surface area contributed by atoms with Crippen molar-refractivity contribution >= 4 is 39.9 Å². The molecule has 6 aromatic rings. The Kier molecular flexibility index (Phi) is 20.6. The molecule has 6 N–H and O–H groups in total. The van der Waals surface area contributed by atoms with E-state index in [0.717, 1.165) is 140 Å². The summed E-state index contributed by atoms with van der Waals surface area (Å²) in [7, 11) is 4.58. The van der Waals surface area contributed by atoms with Crippen LogP contribution in [0.2, 0.25) is 0 Å². The first-order valence-electron chi connectivity index (χ1n) is 35.9. The van der Waals surface area contributed by atoms with E-state index in [1.807, 2.05) is 18.2 Å². The molecule has 23 nitrogen and oxygen atoms in total. The number of nitro benzene ring substituents is 2. The number of rotatable bonds is 14. The number of aliphatic hydroxyl groups excluding tert-OH is 1. The molecule has 0 heterocycles. The molecule has 6 saturated carbocycles. The smallest absolute Gasteiger partial charge is 0.416 e. The van der Waals surface area contributed by atoms with Gasteiger partial charge < -0.3 is 59.6 Å². The van der Waals surface area contributed by atoms with E-state index in [1.54, 1.807) is 60.7 Å². The molecule has 0 unspecified atom stereocenters. The van der Waals surface area contributed by atoms with E-state index in [-0.39, 0.29) is 94.5 Å². The van der Waals surface area contributed by atoms with Crippen molar-refractivity contribution in [3.8, 4) is 34.5 Å². The second-order valence-electron chi connectivity index (χ2n) is 30.2. The number of nitrogens with zero attached hydrogens (tertiary/aromatic N) is 7. The number of aliphatic hydroxyl groups is 1. The number of nitro groups is 2. The van der Waals surface area contributed by atoms with E-state index in [4.69, 9.17) is 28.7 Å². The van der Waals surface area contributed by atoms with Crippen molar-refractivity contribution in [1.29, 1.82) is 0 Å². The van der Waals surface area contributed by atoms with Crippen molar-refractivity contribution in [1.82, 2.24) is 0 Å². The minimum absolute atomic E-state index is 0.00261. The van der Waals surface area contributed by atoms with Crippen LogP contribution in [0, 0.1) is 72.0 Å². The molecule has 105 heavy (non-hydrogen) atoms. The normalized spacial score (nSPS) is 29.9. The van der Waals surface area contributed by atoms with Gasteiger partial charge in [0.05, 0.1) is 82.5 Å². The maximum Gasteiger partial charge on any atom is 0.416 e. The third kappa shape index (κ3) is 13.7. The van der Waals surface area contributed by atoms with Gasteiger partial charge in [0.2, 0.25) is 0 Å². The molecule has 6 fully saturated rings. The third-order valence-corrected chi connectivity index (χ3v) is 25.3. The molecule has 556 valence electrons. The molecule has 13 atom stereocenters. The van der Waals surface area contributed by atoms with Crippen LogP contribution < -0.4 is 14.2 Å². The van der Waals surface area contributed by atoms with E-state index < -0.39 is 21.6 Å². The van der Waals surface area contributed by atoms with E-state index in [9.17, 15) is 64.2 Å². The number of phenolic OH excluding ortho intramolecular Hbond substituents is 3. The molecular weight excluding hydrogens is 1360 g/mol. The van der Waals surface area contributed by atoms with Crippen molar-refractivity contribution in [3.05, 3.63) is 185 Å². The lowest BCUT2D eigenvalue weighted by molar-refractivity contribution is -0.386. The van der Waals surface area contributed by atoms with Crippen LogP contribution in [-0.4, -0.2) is 96.7 Å². The molecular formula is C79H88F3N7O16. The highest BCUT2D eigenvalue weighted by Gasteiger charge is 2.58. The maximum atomic E-state index is 13.1. The predicted molar refractivity (Wildman–Crippen MR) is 383 cm³/mol. The summed E-state index contributed by atoms with van der Waals surface area (Å²) in [4.78, 5) is 38.7. The summed E-state index contributed by atoms with van der Waals surface area (Å²) < 4.78 is 55.4. The molecule has 0 spiro atoms. The average molecular weight is 1450 g/mol. The number of hydrogen-bond donors (Lipinski definition) is 6. The summed E-state index contributed by atoms with van der Waals surface area (Å²) in [5.74, 6) is 3.89. The van der Waals surface area contributed by atoms with Crippen molar-refractivity contribution in [2.75, 3.05) is 21.3 Å². The first kappa shape index (κ1) is 73.3. The van der Waals surface area contributed by atoms with E-state index in [1.165, 1.54) is 39.5 Å². The fourth-order valence-corrected chi connectivity index (χ4v) is 19.9. The van der Waals surface area contributed by atoms with Crippen LogP contribution in [0.5, 0.6) is 34.5 Å². The summed E-state index contributed by atoms with van der Waals surface area (Å²) in [6.07, 6.45) is 8.00. The number of para-hydroxylation sites is 2. The minimum Gasteiger partial charge on any atom is -0.504 e. The van der Waals surface area contributed by atoms with Gasteiger partial charge in [-0.3, -0.25) is 20.2 Å². The van der Waals surface area contributed by atoms with Crippen molar-refractivity contribution in [3.63, 3.8) is 0 Å². The Bertz CT molecular complexity index is 4490. The highest BCUT2D eigenvalue weighted by Crippen LogP contribution is 2.64. The molecule has 26 heteroatoms. The average Bonchev–Trinajstić information content (AvgIpc) is 1.70. The number of fused-ring (bicyclic) bond motifs is 15. The van der Waals surface area contributed by atoms with Crippen molar-refractivity contribution in [2.45, 2.75) is 167 Å². The fourth-order valence-electron chi connectivity index (χ4n) is 19.9. The molecule has 0 aromatic heterocycles. The largest absolute Gasteiger partial charge is 0.504 e. The summed E-state index contributed by atoms with van der Waals surface area (Å²) in [6.45, 7) is 6.41. The van der Waals surface area contributed by atoms with Crippen molar-refractivity contribution in [2.24, 2.45) is 77.5 Å². The Morgan fingerprint density at radius 2 is 0.905 bits per heavy atom. The minimum atomic E-state index is -4.43. The standard InChI is InChI=1S/C27H29F3N2O4.C26H29N3O6.C26H30N2O6/c1-26-9-8-17-18-13-24(35-2)23(33)12-20(18)22(11-19(17)21(26)6-7-25(26)31-34)32-36-14-15-4-3-5-16(10-15)27(28,29)30;1-26-10-9-16-17-13-24(34-2)23(30)12-19(17)21(11-18(16)20(26)7-8-25(26)27-31)28-35-14-15-5-3-4-6-22(15)29(32)33;1-26-10-9-16-17-13-24(33-2)23(29)12-19(17)21(11-18(16)20(26)7-8-25(26)30)27-34-14-15-5-3-4-6-22(15)28(31)32/h3-5,10,12-13,17,19,21,33-34H,6-9,11,14H2,1-2H3;3-6,12-13,16,18,20,30-31H,7-11,14H2,1-2H3;3-6,12-13,16,18,20,25,29-30H,7-11,14H2,1-2H3/b31-25+,32-22+;27-25+,28-21+;27-21+/t17-,19-,21+,26+;16-,18-,20+,26+;16-,18-,20+,25+,26+/m111/s1. The van der Waals surface area contributed by atoms with E-state index in [0.29, 0.717) is 94.2 Å². The van der Waals surface area contributed by atoms with Gasteiger partial charge in [-0.25, -0.2) is 0 Å².